The monoisotopic (exact) mass is 265 g/mol. The topological polar surface area (TPSA) is 86.5 Å². The minimum atomic E-state index is -3.35. The van der Waals surface area contributed by atoms with Crippen LogP contribution in [0, 0.1) is 0 Å². The van der Waals surface area contributed by atoms with Crippen molar-refractivity contribution in [2.45, 2.75) is 4.90 Å². The summed E-state index contributed by atoms with van der Waals surface area (Å²) in [5.41, 5.74) is 5.14. The average molecular weight is 266 g/mol. The summed E-state index contributed by atoms with van der Waals surface area (Å²) >= 11 is 0. The lowest BCUT2D eigenvalue weighted by molar-refractivity contribution is 0.0997. The summed E-state index contributed by atoms with van der Waals surface area (Å²) in [5, 5.41) is 0. The number of hydrogen-bond acceptors (Lipinski definition) is 4. The number of halogens is 1. The number of carbonyl (C=O) groups is 1. The molecule has 1 amide bonds. The zero-order valence-corrected chi connectivity index (χ0v) is 10.4. The van der Waals surface area contributed by atoms with Gasteiger partial charge >= 0.3 is 0 Å². The number of ether oxygens (including phenoxy) is 1. The third-order valence-electron chi connectivity index (χ3n) is 1.86. The Hall–Kier alpha value is -1.27. The van der Waals surface area contributed by atoms with Crippen molar-refractivity contribution < 1.29 is 17.9 Å². The van der Waals surface area contributed by atoms with Gasteiger partial charge in [0, 0.05) is 6.26 Å². The average Bonchev–Trinajstić information content (AvgIpc) is 2.15. The molecule has 0 radical (unpaired) electrons. The Morgan fingerprint density at radius 3 is 2.31 bits per heavy atom. The number of nitrogens with two attached hydrogens (primary N) is 1. The van der Waals surface area contributed by atoms with Gasteiger partial charge in [0.25, 0.3) is 5.91 Å². The standard InChI is InChI=1S/C9H11NO4S.ClH/c1-14-8-4-3-6(15(2,12)13)5-7(8)9(10)11;/h3-5H,1-2H3,(H2,10,11);1H. The molecule has 0 saturated heterocycles. The third-order valence-corrected chi connectivity index (χ3v) is 2.97. The molecule has 0 aromatic heterocycles. The SMILES string of the molecule is COc1ccc(S(C)(=O)=O)cc1C(N)=O.Cl. The minimum Gasteiger partial charge on any atom is -0.496 e. The van der Waals surface area contributed by atoms with Crippen molar-refractivity contribution in [1.29, 1.82) is 0 Å². The van der Waals surface area contributed by atoms with E-state index in [0.717, 1.165) is 6.26 Å². The first kappa shape index (κ1) is 14.7. The molecule has 1 rings (SSSR count). The molecule has 5 nitrogen and oxygen atoms in total. The molecule has 0 saturated carbocycles. The lowest BCUT2D eigenvalue weighted by Gasteiger charge is -2.06. The van der Waals surface area contributed by atoms with E-state index in [2.05, 4.69) is 0 Å². The maximum absolute atomic E-state index is 11.2. The Balaban J connectivity index is 0.00000225. The summed E-state index contributed by atoms with van der Waals surface area (Å²) in [7, 11) is -1.97. The molecule has 7 heteroatoms. The molecule has 90 valence electrons. The number of amides is 1. The van der Waals surface area contributed by atoms with Gasteiger partial charge in [0.1, 0.15) is 5.75 Å². The van der Waals surface area contributed by atoms with Crippen LogP contribution in [0.25, 0.3) is 0 Å². The third kappa shape index (κ3) is 3.11. The van der Waals surface area contributed by atoms with Crippen LogP contribution in [-0.2, 0) is 9.84 Å². The van der Waals surface area contributed by atoms with E-state index >= 15 is 0 Å². The van der Waals surface area contributed by atoms with E-state index in [9.17, 15) is 13.2 Å². The van der Waals surface area contributed by atoms with Crippen LogP contribution in [0.15, 0.2) is 23.1 Å². The lowest BCUT2D eigenvalue weighted by atomic mass is 10.2. The van der Waals surface area contributed by atoms with Crippen molar-refractivity contribution in [2.24, 2.45) is 5.73 Å². The van der Waals surface area contributed by atoms with Crippen LogP contribution >= 0.6 is 12.4 Å². The maximum Gasteiger partial charge on any atom is 0.252 e. The summed E-state index contributed by atoms with van der Waals surface area (Å²) < 4.78 is 27.3. The van der Waals surface area contributed by atoms with Crippen LogP contribution in [0.2, 0.25) is 0 Å². The van der Waals surface area contributed by atoms with Gasteiger partial charge in [-0.3, -0.25) is 4.79 Å². The molecule has 1 aromatic carbocycles. The normalized spacial score (nSPS) is 10.4. The highest BCUT2D eigenvalue weighted by atomic mass is 35.5. The van der Waals surface area contributed by atoms with Crippen molar-refractivity contribution >= 4 is 28.2 Å². The van der Waals surface area contributed by atoms with E-state index in [-0.39, 0.29) is 28.6 Å². The fourth-order valence-electron chi connectivity index (χ4n) is 1.11. The Kier molecular flexibility index (Phi) is 4.77. The molecule has 0 fully saturated rings. The van der Waals surface area contributed by atoms with Gasteiger partial charge in [-0.25, -0.2) is 8.42 Å². The number of primary amides is 1. The number of rotatable bonds is 3. The van der Waals surface area contributed by atoms with Crippen LogP contribution in [0.4, 0.5) is 0 Å². The van der Waals surface area contributed by atoms with Crippen molar-refractivity contribution in [1.82, 2.24) is 0 Å². The first-order valence-electron chi connectivity index (χ1n) is 4.04. The van der Waals surface area contributed by atoms with Crippen LogP contribution in [-0.4, -0.2) is 27.7 Å². The number of carbonyl (C=O) groups excluding carboxylic acids is 1. The molecular formula is C9H12ClNO4S. The fraction of sp³-hybridized carbons (Fsp3) is 0.222. The van der Waals surface area contributed by atoms with E-state index in [1.807, 2.05) is 0 Å². The second-order valence-electron chi connectivity index (χ2n) is 3.00. The van der Waals surface area contributed by atoms with Crippen molar-refractivity contribution in [2.75, 3.05) is 13.4 Å². The smallest absolute Gasteiger partial charge is 0.252 e. The van der Waals surface area contributed by atoms with E-state index in [1.54, 1.807) is 0 Å². The van der Waals surface area contributed by atoms with Gasteiger partial charge < -0.3 is 10.5 Å². The van der Waals surface area contributed by atoms with Crippen LogP contribution in [0.5, 0.6) is 5.75 Å². The van der Waals surface area contributed by atoms with Gasteiger partial charge in [-0.1, -0.05) is 0 Å². The predicted octanol–water partition coefficient (Wildman–Crippen LogP) is 0.619. The lowest BCUT2D eigenvalue weighted by Crippen LogP contribution is -2.13. The zero-order chi connectivity index (χ0) is 11.6. The van der Waals surface area contributed by atoms with Gasteiger partial charge in [0.15, 0.2) is 9.84 Å². The van der Waals surface area contributed by atoms with Gasteiger partial charge in [0.2, 0.25) is 0 Å². The summed E-state index contributed by atoms with van der Waals surface area (Å²) in [4.78, 5) is 11.0. The zero-order valence-electron chi connectivity index (χ0n) is 8.76. The quantitative estimate of drug-likeness (QED) is 0.868. The van der Waals surface area contributed by atoms with E-state index in [4.69, 9.17) is 10.5 Å². The molecule has 0 bridgehead atoms. The van der Waals surface area contributed by atoms with Gasteiger partial charge in [0.05, 0.1) is 17.6 Å². The molecular weight excluding hydrogens is 254 g/mol. The highest BCUT2D eigenvalue weighted by Gasteiger charge is 2.14. The number of methoxy groups -OCH3 is 1. The first-order chi connectivity index (χ1) is 6.86. The molecule has 16 heavy (non-hydrogen) atoms. The molecule has 0 aliphatic carbocycles. The van der Waals surface area contributed by atoms with Crippen molar-refractivity contribution in [3.8, 4) is 5.75 Å². The largest absolute Gasteiger partial charge is 0.496 e. The van der Waals surface area contributed by atoms with Gasteiger partial charge in [-0.15, -0.1) is 12.4 Å². The molecule has 0 aliphatic heterocycles. The summed E-state index contributed by atoms with van der Waals surface area (Å²) in [6, 6.07) is 3.97. The highest BCUT2D eigenvalue weighted by molar-refractivity contribution is 7.90. The number of hydrogen-bond donors (Lipinski definition) is 1. The minimum absolute atomic E-state index is 0. The molecule has 2 N–H and O–H groups in total. The Labute approximate surface area is 99.9 Å². The van der Waals surface area contributed by atoms with Crippen LogP contribution in [0.1, 0.15) is 10.4 Å². The van der Waals surface area contributed by atoms with E-state index in [0.29, 0.717) is 0 Å². The Morgan fingerprint density at radius 2 is 1.94 bits per heavy atom. The van der Waals surface area contributed by atoms with Gasteiger partial charge in [-0.05, 0) is 18.2 Å². The molecule has 0 heterocycles. The second kappa shape index (κ2) is 5.18. The van der Waals surface area contributed by atoms with Crippen LogP contribution in [0.3, 0.4) is 0 Å². The first-order valence-corrected chi connectivity index (χ1v) is 5.93. The fourth-order valence-corrected chi connectivity index (χ4v) is 1.76. The molecule has 1 aromatic rings. The Morgan fingerprint density at radius 1 is 1.38 bits per heavy atom. The summed E-state index contributed by atoms with van der Waals surface area (Å²) in [6.45, 7) is 0. The molecule has 0 unspecified atom stereocenters. The number of sulfone groups is 1. The van der Waals surface area contributed by atoms with Crippen molar-refractivity contribution in [3.05, 3.63) is 23.8 Å². The summed E-state index contributed by atoms with van der Waals surface area (Å²) in [5.74, 6) is -0.466. The molecule has 0 aliphatic rings. The highest BCUT2D eigenvalue weighted by Crippen LogP contribution is 2.21. The Bertz CT molecular complexity index is 498. The van der Waals surface area contributed by atoms with E-state index < -0.39 is 15.7 Å². The molecule has 0 spiro atoms. The van der Waals surface area contributed by atoms with E-state index in [1.165, 1.54) is 25.3 Å². The maximum atomic E-state index is 11.2. The van der Waals surface area contributed by atoms with Gasteiger partial charge in [-0.2, -0.15) is 0 Å². The molecule has 0 atom stereocenters. The predicted molar refractivity (Wildman–Crippen MR) is 61.9 cm³/mol. The second-order valence-corrected chi connectivity index (χ2v) is 5.01. The summed E-state index contributed by atoms with van der Waals surface area (Å²) in [6.07, 6.45) is 1.06. The number of benzene rings is 1. The van der Waals surface area contributed by atoms with Crippen molar-refractivity contribution in [3.63, 3.8) is 0 Å². The van der Waals surface area contributed by atoms with Crippen LogP contribution < -0.4 is 10.5 Å².